The molecule has 1 aliphatic rings. The van der Waals surface area contributed by atoms with Crippen LogP contribution in [0.3, 0.4) is 0 Å². The van der Waals surface area contributed by atoms with Gasteiger partial charge in [0.1, 0.15) is 5.75 Å². The van der Waals surface area contributed by atoms with Crippen molar-refractivity contribution in [3.8, 4) is 5.75 Å². The second-order valence-corrected chi connectivity index (χ2v) is 6.83. The number of carbonyl (C=O) groups excluding carboxylic acids is 1. The SMILES string of the molecule is COc1ccccc1NC(=O)c1ccc(CN2CCCC(C)C2)cc1. The third kappa shape index (κ3) is 4.60. The molecular weight excluding hydrogens is 312 g/mol. The number of likely N-dealkylation sites (tertiary alicyclic amines) is 1. The molecule has 1 N–H and O–H groups in total. The first-order valence-electron chi connectivity index (χ1n) is 8.91. The summed E-state index contributed by atoms with van der Waals surface area (Å²) < 4.78 is 5.27. The number of ether oxygens (including phenoxy) is 1. The number of amides is 1. The lowest BCUT2D eigenvalue weighted by Crippen LogP contribution is -2.33. The van der Waals surface area contributed by atoms with Crippen molar-refractivity contribution < 1.29 is 9.53 Å². The molecule has 2 aromatic carbocycles. The highest BCUT2D eigenvalue weighted by molar-refractivity contribution is 6.05. The maximum Gasteiger partial charge on any atom is 0.255 e. The average molecular weight is 338 g/mol. The van der Waals surface area contributed by atoms with Gasteiger partial charge in [-0.25, -0.2) is 0 Å². The molecule has 1 atom stereocenters. The Morgan fingerprint density at radius 1 is 1.20 bits per heavy atom. The maximum absolute atomic E-state index is 12.4. The van der Waals surface area contributed by atoms with Crippen LogP contribution in [0.2, 0.25) is 0 Å². The van der Waals surface area contributed by atoms with Crippen molar-refractivity contribution in [2.24, 2.45) is 5.92 Å². The number of piperidine rings is 1. The van der Waals surface area contributed by atoms with Crippen LogP contribution >= 0.6 is 0 Å². The van der Waals surface area contributed by atoms with E-state index in [-0.39, 0.29) is 5.91 Å². The second-order valence-electron chi connectivity index (χ2n) is 6.83. The lowest BCUT2D eigenvalue weighted by molar-refractivity contribution is 0.102. The zero-order valence-corrected chi connectivity index (χ0v) is 15.0. The molecule has 1 fully saturated rings. The molecule has 4 nitrogen and oxygen atoms in total. The molecule has 3 rings (SSSR count). The summed E-state index contributed by atoms with van der Waals surface area (Å²) in [6.45, 7) is 5.60. The smallest absolute Gasteiger partial charge is 0.255 e. The van der Waals surface area contributed by atoms with Crippen molar-refractivity contribution in [1.29, 1.82) is 0 Å². The Balaban J connectivity index is 1.62. The van der Waals surface area contributed by atoms with E-state index in [2.05, 4.69) is 29.3 Å². The zero-order valence-electron chi connectivity index (χ0n) is 15.0. The van der Waals surface area contributed by atoms with Crippen LogP contribution in [-0.4, -0.2) is 31.0 Å². The number of rotatable bonds is 5. The first-order valence-corrected chi connectivity index (χ1v) is 8.91. The summed E-state index contributed by atoms with van der Waals surface area (Å²) in [4.78, 5) is 14.9. The Morgan fingerprint density at radius 3 is 2.68 bits per heavy atom. The summed E-state index contributed by atoms with van der Waals surface area (Å²) >= 11 is 0. The Labute approximate surface area is 149 Å². The van der Waals surface area contributed by atoms with E-state index >= 15 is 0 Å². The summed E-state index contributed by atoms with van der Waals surface area (Å²) in [5.74, 6) is 1.31. The van der Waals surface area contributed by atoms with E-state index in [1.54, 1.807) is 7.11 Å². The molecule has 4 heteroatoms. The van der Waals surface area contributed by atoms with Gasteiger partial charge in [0, 0.05) is 18.7 Å². The van der Waals surface area contributed by atoms with Gasteiger partial charge in [0.2, 0.25) is 0 Å². The molecule has 0 bridgehead atoms. The number of nitrogens with one attached hydrogen (secondary N) is 1. The molecule has 2 aromatic rings. The van der Waals surface area contributed by atoms with Crippen LogP contribution < -0.4 is 10.1 Å². The lowest BCUT2D eigenvalue weighted by atomic mass is 9.99. The van der Waals surface area contributed by atoms with Gasteiger partial charge in [-0.1, -0.05) is 31.2 Å². The van der Waals surface area contributed by atoms with Gasteiger partial charge < -0.3 is 10.1 Å². The minimum atomic E-state index is -0.123. The normalized spacial score (nSPS) is 17.9. The minimum absolute atomic E-state index is 0.123. The largest absolute Gasteiger partial charge is 0.495 e. The topological polar surface area (TPSA) is 41.6 Å². The van der Waals surface area contributed by atoms with Crippen molar-refractivity contribution in [3.05, 3.63) is 59.7 Å². The minimum Gasteiger partial charge on any atom is -0.495 e. The predicted molar refractivity (Wildman–Crippen MR) is 101 cm³/mol. The van der Waals surface area contributed by atoms with Crippen LogP contribution in [0.5, 0.6) is 5.75 Å². The van der Waals surface area contributed by atoms with Crippen LogP contribution in [0.15, 0.2) is 48.5 Å². The van der Waals surface area contributed by atoms with Crippen LogP contribution in [0.4, 0.5) is 5.69 Å². The third-order valence-corrected chi connectivity index (χ3v) is 4.72. The van der Waals surface area contributed by atoms with E-state index in [0.717, 1.165) is 19.0 Å². The van der Waals surface area contributed by atoms with Crippen molar-refractivity contribution in [2.45, 2.75) is 26.3 Å². The van der Waals surface area contributed by atoms with E-state index in [9.17, 15) is 4.79 Å². The van der Waals surface area contributed by atoms with Gasteiger partial charge in [-0.05, 0) is 55.1 Å². The second kappa shape index (κ2) is 8.17. The molecular formula is C21H26N2O2. The number of nitrogens with zero attached hydrogens (tertiary/aromatic N) is 1. The van der Waals surface area contributed by atoms with Crippen LogP contribution in [-0.2, 0) is 6.54 Å². The van der Waals surface area contributed by atoms with E-state index in [1.807, 2.05) is 36.4 Å². The average Bonchev–Trinajstić information content (AvgIpc) is 2.63. The summed E-state index contributed by atoms with van der Waals surface area (Å²) in [6.07, 6.45) is 2.61. The number of anilines is 1. The monoisotopic (exact) mass is 338 g/mol. The number of hydrogen-bond acceptors (Lipinski definition) is 3. The zero-order chi connectivity index (χ0) is 17.6. The molecule has 0 radical (unpaired) electrons. The van der Waals surface area contributed by atoms with Gasteiger partial charge in [-0.3, -0.25) is 9.69 Å². The molecule has 0 aliphatic carbocycles. The maximum atomic E-state index is 12.4. The van der Waals surface area contributed by atoms with Gasteiger partial charge in [0.25, 0.3) is 5.91 Å². The quantitative estimate of drug-likeness (QED) is 0.889. The van der Waals surface area contributed by atoms with Crippen LogP contribution in [0.25, 0.3) is 0 Å². The van der Waals surface area contributed by atoms with E-state index < -0.39 is 0 Å². The fourth-order valence-corrected chi connectivity index (χ4v) is 3.39. The highest BCUT2D eigenvalue weighted by Crippen LogP contribution is 2.24. The highest BCUT2D eigenvalue weighted by atomic mass is 16.5. The Bertz CT molecular complexity index is 712. The number of benzene rings is 2. The van der Waals surface area contributed by atoms with Crippen molar-refractivity contribution in [1.82, 2.24) is 4.90 Å². The summed E-state index contributed by atoms with van der Waals surface area (Å²) in [6, 6.07) is 15.3. The van der Waals surface area contributed by atoms with Gasteiger partial charge in [0.05, 0.1) is 12.8 Å². The van der Waals surface area contributed by atoms with E-state index in [0.29, 0.717) is 17.0 Å². The van der Waals surface area contributed by atoms with Gasteiger partial charge in [-0.2, -0.15) is 0 Å². The molecule has 0 saturated carbocycles. The lowest BCUT2D eigenvalue weighted by Gasteiger charge is -2.30. The van der Waals surface area contributed by atoms with Crippen LogP contribution in [0.1, 0.15) is 35.7 Å². The molecule has 1 heterocycles. The number of para-hydroxylation sites is 2. The standard InChI is InChI=1S/C21H26N2O2/c1-16-6-5-13-23(14-16)15-17-9-11-18(12-10-17)21(24)22-19-7-3-4-8-20(19)25-2/h3-4,7-12,16H,5-6,13-15H2,1-2H3,(H,22,24). The van der Waals surface area contributed by atoms with E-state index in [1.165, 1.54) is 24.9 Å². The molecule has 1 amide bonds. The fraction of sp³-hybridized carbons (Fsp3) is 0.381. The van der Waals surface area contributed by atoms with Crippen molar-refractivity contribution >= 4 is 11.6 Å². The van der Waals surface area contributed by atoms with Crippen molar-refractivity contribution in [3.63, 3.8) is 0 Å². The molecule has 1 aliphatic heterocycles. The van der Waals surface area contributed by atoms with Crippen LogP contribution in [0, 0.1) is 5.92 Å². The first kappa shape index (κ1) is 17.5. The molecule has 0 spiro atoms. The third-order valence-electron chi connectivity index (χ3n) is 4.72. The highest BCUT2D eigenvalue weighted by Gasteiger charge is 2.16. The Hall–Kier alpha value is -2.33. The van der Waals surface area contributed by atoms with Gasteiger partial charge >= 0.3 is 0 Å². The van der Waals surface area contributed by atoms with Gasteiger partial charge in [-0.15, -0.1) is 0 Å². The predicted octanol–water partition coefficient (Wildman–Crippen LogP) is 4.18. The fourth-order valence-electron chi connectivity index (χ4n) is 3.39. The van der Waals surface area contributed by atoms with E-state index in [4.69, 9.17) is 4.74 Å². The van der Waals surface area contributed by atoms with Crippen molar-refractivity contribution in [2.75, 3.05) is 25.5 Å². The summed E-state index contributed by atoms with van der Waals surface area (Å²) in [5.41, 5.74) is 2.59. The summed E-state index contributed by atoms with van der Waals surface area (Å²) in [7, 11) is 1.60. The molecule has 0 aromatic heterocycles. The molecule has 1 saturated heterocycles. The number of hydrogen-bond donors (Lipinski definition) is 1. The number of methoxy groups -OCH3 is 1. The Morgan fingerprint density at radius 2 is 1.96 bits per heavy atom. The first-order chi connectivity index (χ1) is 12.2. The number of carbonyl (C=O) groups is 1. The molecule has 132 valence electrons. The summed E-state index contributed by atoms with van der Waals surface area (Å²) in [5, 5.41) is 2.91. The van der Waals surface area contributed by atoms with Gasteiger partial charge in [0.15, 0.2) is 0 Å². The Kier molecular flexibility index (Phi) is 5.71. The molecule has 25 heavy (non-hydrogen) atoms. The molecule has 1 unspecified atom stereocenters.